The van der Waals surface area contributed by atoms with E-state index in [9.17, 15) is 14.7 Å². The molecule has 22 heavy (non-hydrogen) atoms. The summed E-state index contributed by atoms with van der Waals surface area (Å²) < 4.78 is 0. The highest BCUT2D eigenvalue weighted by molar-refractivity contribution is 6.42. The Hall–Kier alpha value is -1.52. The third kappa shape index (κ3) is 2.85. The highest BCUT2D eigenvalue weighted by Gasteiger charge is 2.42. The first-order chi connectivity index (χ1) is 10.4. The molecule has 1 amide bonds. The third-order valence-corrected chi connectivity index (χ3v) is 4.39. The fraction of sp³-hybridized carbons (Fsp3) is 0.375. The van der Waals surface area contributed by atoms with Gasteiger partial charge < -0.3 is 10.0 Å². The topological polar surface area (TPSA) is 57.6 Å². The molecule has 1 N–H and O–H groups in total. The molecule has 0 aliphatic carbocycles. The summed E-state index contributed by atoms with van der Waals surface area (Å²) in [5, 5.41) is 10.9. The van der Waals surface area contributed by atoms with Crippen molar-refractivity contribution in [2.24, 2.45) is 0 Å². The van der Waals surface area contributed by atoms with E-state index in [1.807, 2.05) is 6.92 Å². The van der Waals surface area contributed by atoms with Crippen LogP contribution in [0.1, 0.15) is 38.3 Å². The number of rotatable bonds is 5. The largest absolute Gasteiger partial charge is 0.503 e. The average molecular weight is 342 g/mol. The molecule has 1 atom stereocenters. The molecule has 1 unspecified atom stereocenters. The van der Waals surface area contributed by atoms with Gasteiger partial charge in [-0.05, 0) is 24.1 Å². The molecule has 0 radical (unpaired) electrons. The van der Waals surface area contributed by atoms with Crippen LogP contribution in [0.3, 0.4) is 0 Å². The minimum absolute atomic E-state index is 0.138. The van der Waals surface area contributed by atoms with Gasteiger partial charge in [-0.15, -0.1) is 0 Å². The molecule has 4 nitrogen and oxygen atoms in total. The van der Waals surface area contributed by atoms with Gasteiger partial charge in [0.15, 0.2) is 11.5 Å². The molecule has 1 aromatic rings. The van der Waals surface area contributed by atoms with Crippen LogP contribution in [-0.2, 0) is 9.59 Å². The molecule has 0 fully saturated rings. The van der Waals surface area contributed by atoms with E-state index in [0.717, 1.165) is 0 Å². The van der Waals surface area contributed by atoms with Crippen LogP contribution in [0.4, 0.5) is 0 Å². The summed E-state index contributed by atoms with van der Waals surface area (Å²) in [6.07, 6.45) is 0.925. The Morgan fingerprint density at radius 3 is 2.50 bits per heavy atom. The van der Waals surface area contributed by atoms with Crippen molar-refractivity contribution in [1.29, 1.82) is 0 Å². The van der Waals surface area contributed by atoms with Crippen LogP contribution < -0.4 is 0 Å². The molecule has 6 heteroatoms. The van der Waals surface area contributed by atoms with E-state index >= 15 is 0 Å². The molecular weight excluding hydrogens is 325 g/mol. The monoisotopic (exact) mass is 341 g/mol. The van der Waals surface area contributed by atoms with E-state index in [1.165, 1.54) is 4.90 Å². The Morgan fingerprint density at radius 2 is 1.95 bits per heavy atom. The summed E-state index contributed by atoms with van der Waals surface area (Å²) in [6, 6.07) is 4.36. The Bertz CT molecular complexity index is 655. The van der Waals surface area contributed by atoms with Crippen molar-refractivity contribution in [3.63, 3.8) is 0 Å². The third-order valence-electron chi connectivity index (χ3n) is 3.65. The second-order valence-electron chi connectivity index (χ2n) is 5.11. The first-order valence-electron chi connectivity index (χ1n) is 7.14. The lowest BCUT2D eigenvalue weighted by Crippen LogP contribution is -2.31. The number of carbonyl (C=O) groups excluding carboxylic acids is 2. The van der Waals surface area contributed by atoms with Gasteiger partial charge >= 0.3 is 0 Å². The summed E-state index contributed by atoms with van der Waals surface area (Å²) >= 11 is 12.0. The van der Waals surface area contributed by atoms with E-state index in [-0.39, 0.29) is 17.8 Å². The van der Waals surface area contributed by atoms with Crippen LogP contribution in [0.25, 0.3) is 0 Å². The molecule has 1 aliphatic rings. The zero-order valence-electron chi connectivity index (χ0n) is 12.4. The number of aliphatic hydroxyl groups excluding tert-OH is 1. The lowest BCUT2D eigenvalue weighted by molar-refractivity contribution is -0.129. The number of hydrogen-bond donors (Lipinski definition) is 1. The summed E-state index contributed by atoms with van der Waals surface area (Å²) in [4.78, 5) is 26.0. The number of halogens is 2. The van der Waals surface area contributed by atoms with Gasteiger partial charge in [0.1, 0.15) is 0 Å². The molecule has 0 bridgehead atoms. The van der Waals surface area contributed by atoms with Gasteiger partial charge in [-0.1, -0.05) is 43.1 Å². The maximum atomic E-state index is 12.3. The van der Waals surface area contributed by atoms with Crippen molar-refractivity contribution in [2.75, 3.05) is 6.54 Å². The molecule has 1 heterocycles. The summed E-state index contributed by atoms with van der Waals surface area (Å²) in [7, 11) is 0. The Balaban J connectivity index is 2.56. The van der Waals surface area contributed by atoms with Crippen molar-refractivity contribution in [2.45, 2.75) is 32.7 Å². The van der Waals surface area contributed by atoms with Crippen LogP contribution >= 0.6 is 23.2 Å². The SMILES string of the molecule is CCCN1C(=O)C(O)=C(C(=O)CC)C1c1ccc(Cl)c(Cl)c1. The minimum atomic E-state index is -0.616. The second kappa shape index (κ2) is 6.71. The van der Waals surface area contributed by atoms with Crippen LogP contribution in [0, 0.1) is 0 Å². The molecule has 0 saturated heterocycles. The van der Waals surface area contributed by atoms with Crippen molar-refractivity contribution in [1.82, 2.24) is 4.90 Å². The molecule has 2 rings (SSSR count). The Labute approximate surface area is 139 Å². The van der Waals surface area contributed by atoms with Crippen LogP contribution in [0.15, 0.2) is 29.5 Å². The van der Waals surface area contributed by atoms with Crippen LogP contribution in [0.5, 0.6) is 0 Å². The van der Waals surface area contributed by atoms with Gasteiger partial charge in [-0.25, -0.2) is 0 Å². The van der Waals surface area contributed by atoms with Crippen LogP contribution in [-0.4, -0.2) is 28.2 Å². The predicted octanol–water partition coefficient (Wildman–Crippen LogP) is 4.08. The number of Topliss-reactive ketones (excluding diaryl/α,β-unsaturated/α-hetero) is 1. The maximum Gasteiger partial charge on any atom is 0.290 e. The van der Waals surface area contributed by atoms with Gasteiger partial charge in [-0.2, -0.15) is 0 Å². The number of nitrogens with zero attached hydrogens (tertiary/aromatic N) is 1. The number of aliphatic hydroxyl groups is 1. The van der Waals surface area contributed by atoms with Gasteiger partial charge in [0.2, 0.25) is 0 Å². The highest BCUT2D eigenvalue weighted by atomic mass is 35.5. The van der Waals surface area contributed by atoms with E-state index in [2.05, 4.69) is 0 Å². The lowest BCUT2D eigenvalue weighted by Gasteiger charge is -2.26. The van der Waals surface area contributed by atoms with E-state index in [0.29, 0.717) is 28.6 Å². The molecule has 0 aromatic heterocycles. The minimum Gasteiger partial charge on any atom is -0.503 e. The van der Waals surface area contributed by atoms with E-state index < -0.39 is 17.7 Å². The van der Waals surface area contributed by atoms with Crippen molar-refractivity contribution >= 4 is 34.9 Å². The second-order valence-corrected chi connectivity index (χ2v) is 5.93. The van der Waals surface area contributed by atoms with Crippen molar-refractivity contribution < 1.29 is 14.7 Å². The Kier molecular flexibility index (Phi) is 5.14. The zero-order valence-corrected chi connectivity index (χ0v) is 13.9. The smallest absolute Gasteiger partial charge is 0.290 e. The molecular formula is C16H17Cl2NO3. The van der Waals surface area contributed by atoms with E-state index in [1.54, 1.807) is 25.1 Å². The van der Waals surface area contributed by atoms with Crippen molar-refractivity contribution in [3.8, 4) is 0 Å². The van der Waals surface area contributed by atoms with Crippen LogP contribution in [0.2, 0.25) is 10.0 Å². The zero-order chi connectivity index (χ0) is 16.4. The number of ketones is 1. The average Bonchev–Trinajstić information content (AvgIpc) is 2.74. The number of hydrogen-bond acceptors (Lipinski definition) is 3. The fourth-order valence-corrected chi connectivity index (χ4v) is 2.94. The fourth-order valence-electron chi connectivity index (χ4n) is 2.63. The van der Waals surface area contributed by atoms with E-state index in [4.69, 9.17) is 23.2 Å². The van der Waals surface area contributed by atoms with Crippen molar-refractivity contribution in [3.05, 3.63) is 45.1 Å². The molecule has 1 aliphatic heterocycles. The summed E-state index contributed by atoms with van der Waals surface area (Å²) in [6.45, 7) is 4.06. The summed E-state index contributed by atoms with van der Waals surface area (Å²) in [5.74, 6) is -1.23. The lowest BCUT2D eigenvalue weighted by atomic mass is 9.95. The summed E-state index contributed by atoms with van der Waals surface area (Å²) in [5.41, 5.74) is 0.802. The highest BCUT2D eigenvalue weighted by Crippen LogP contribution is 2.39. The predicted molar refractivity (Wildman–Crippen MR) is 86.2 cm³/mol. The first kappa shape index (κ1) is 16.8. The van der Waals surface area contributed by atoms with Gasteiger partial charge in [0.25, 0.3) is 5.91 Å². The number of benzene rings is 1. The number of amides is 1. The normalized spacial score (nSPS) is 18.3. The molecule has 1 aromatic carbocycles. The Morgan fingerprint density at radius 1 is 1.27 bits per heavy atom. The molecule has 118 valence electrons. The van der Waals surface area contributed by atoms with Gasteiger partial charge in [-0.3, -0.25) is 9.59 Å². The maximum absolute atomic E-state index is 12.3. The van der Waals surface area contributed by atoms with Gasteiger partial charge in [0.05, 0.1) is 21.7 Å². The standard InChI is InChI=1S/C16H17Cl2NO3/c1-3-7-19-14(9-5-6-10(17)11(18)8-9)13(12(20)4-2)15(21)16(19)22/h5-6,8,14,21H,3-4,7H2,1-2H3. The van der Waals surface area contributed by atoms with Gasteiger partial charge in [0, 0.05) is 13.0 Å². The molecule has 0 saturated carbocycles. The first-order valence-corrected chi connectivity index (χ1v) is 7.90. The number of carbonyl (C=O) groups is 2. The molecule has 0 spiro atoms. The quantitative estimate of drug-likeness (QED) is 0.877.